The third-order valence-corrected chi connectivity index (χ3v) is 11.8. The summed E-state index contributed by atoms with van der Waals surface area (Å²) < 4.78 is 0. The van der Waals surface area contributed by atoms with Gasteiger partial charge in [0, 0.05) is 23.1 Å². The highest BCUT2D eigenvalue weighted by Gasteiger charge is 2.67. The van der Waals surface area contributed by atoms with Crippen LogP contribution in [0.1, 0.15) is 47.1 Å². The maximum Gasteiger partial charge on any atom is 0.146 e. The quantitative estimate of drug-likeness (QED) is 0.481. The van der Waals surface area contributed by atoms with Crippen LogP contribution < -0.4 is 15.9 Å². The summed E-state index contributed by atoms with van der Waals surface area (Å²) in [5.41, 5.74) is 1.56. The van der Waals surface area contributed by atoms with Crippen LogP contribution in [0, 0.1) is 0 Å². The first-order chi connectivity index (χ1) is 14.3. The van der Waals surface area contributed by atoms with Crippen LogP contribution in [0.5, 0.6) is 0 Å². The molecule has 0 radical (unpaired) electrons. The summed E-state index contributed by atoms with van der Waals surface area (Å²) in [6.07, 6.45) is 0. The highest BCUT2D eigenvalue weighted by Crippen LogP contribution is 2.70. The number of benzene rings is 3. The van der Waals surface area contributed by atoms with Gasteiger partial charge in [0.15, 0.2) is 0 Å². The zero-order valence-corrected chi connectivity index (χ0v) is 20.1. The molecule has 0 N–H and O–H groups in total. The van der Waals surface area contributed by atoms with Crippen LogP contribution in [-0.2, 0) is 5.41 Å². The van der Waals surface area contributed by atoms with E-state index in [1.807, 2.05) is 0 Å². The lowest BCUT2D eigenvalue weighted by Crippen LogP contribution is -2.55. The molecule has 1 aliphatic heterocycles. The van der Waals surface area contributed by atoms with E-state index in [4.69, 9.17) is 0 Å². The molecule has 0 saturated carbocycles. The van der Waals surface area contributed by atoms with Crippen LogP contribution in [0.3, 0.4) is 0 Å². The first-order valence-corrected chi connectivity index (χ1v) is 13.1. The fourth-order valence-electron chi connectivity index (χ4n) is 5.85. The summed E-state index contributed by atoms with van der Waals surface area (Å²) in [5.74, 6) is 0.409. The molecule has 156 valence electrons. The molecule has 1 atom stereocenters. The number of hydrogen-bond acceptors (Lipinski definition) is 1. The Kier molecular flexibility index (Phi) is 5.64. The molecule has 0 bridgehead atoms. The number of fused-ring (bicyclic) bond motifs is 1. The summed E-state index contributed by atoms with van der Waals surface area (Å²) in [6.45, 7) is 14.4. The predicted octanol–water partition coefficient (Wildman–Crippen LogP) is 5.72. The lowest BCUT2D eigenvalue weighted by atomic mass is 9.83. The molecule has 0 fully saturated rings. The average molecular weight is 417 g/mol. The number of nitrogens with zero attached hydrogens (tertiary/aromatic N) is 1. The highest BCUT2D eigenvalue weighted by atomic mass is 31.2. The van der Waals surface area contributed by atoms with E-state index in [2.05, 4.69) is 131 Å². The topological polar surface area (TPSA) is 3.24 Å². The van der Waals surface area contributed by atoms with E-state index in [1.165, 1.54) is 16.2 Å². The third kappa shape index (κ3) is 3.06. The van der Waals surface area contributed by atoms with Gasteiger partial charge in [-0.3, -0.25) is 4.90 Å². The van der Waals surface area contributed by atoms with Gasteiger partial charge in [0.05, 0.1) is 0 Å². The van der Waals surface area contributed by atoms with Crippen molar-refractivity contribution in [3.63, 3.8) is 0 Å². The lowest BCUT2D eigenvalue weighted by molar-refractivity contribution is 0.119. The Labute approximate surface area is 183 Å². The van der Waals surface area contributed by atoms with Crippen molar-refractivity contribution in [1.82, 2.24) is 4.90 Å². The normalized spacial score (nSPS) is 19.4. The Hall–Kier alpha value is -1.95. The Balaban J connectivity index is 2.17. The number of rotatable bonds is 5. The monoisotopic (exact) mass is 416 g/mol. The van der Waals surface area contributed by atoms with Crippen LogP contribution in [-0.4, -0.2) is 22.8 Å². The summed E-state index contributed by atoms with van der Waals surface area (Å²) in [5, 5.41) is 4.54. The largest absolute Gasteiger partial charge is 0.262 e. The standard InChI is InChI=1S/C28H35NP/c1-21(2)29(22(3)4)27-28(5,6)25-19-13-14-20-26(25)30(27,23-15-9-7-10-16-23)24-17-11-8-12-18-24/h7-22,27H,1-6H3/q+1/t27-/m0/s1. The van der Waals surface area contributed by atoms with Gasteiger partial charge in [-0.2, -0.15) is 0 Å². The second-order valence-electron chi connectivity index (χ2n) is 9.64. The molecule has 1 aliphatic rings. The second kappa shape index (κ2) is 7.95. The molecule has 3 aromatic carbocycles. The zero-order valence-electron chi connectivity index (χ0n) is 19.2. The third-order valence-electron chi connectivity index (χ3n) is 6.79. The van der Waals surface area contributed by atoms with E-state index in [9.17, 15) is 0 Å². The molecule has 0 amide bonds. The molecule has 0 spiro atoms. The van der Waals surface area contributed by atoms with Gasteiger partial charge in [-0.05, 0) is 58.0 Å². The first kappa shape index (κ1) is 21.3. The number of hydrogen-bond donors (Lipinski definition) is 0. The maximum absolute atomic E-state index is 2.80. The van der Waals surface area contributed by atoms with Gasteiger partial charge in [0.2, 0.25) is 0 Å². The van der Waals surface area contributed by atoms with Crippen LogP contribution >= 0.6 is 7.26 Å². The molecule has 0 aromatic heterocycles. The maximum atomic E-state index is 2.80. The van der Waals surface area contributed by atoms with Gasteiger partial charge in [-0.1, -0.05) is 68.4 Å². The van der Waals surface area contributed by atoms with Gasteiger partial charge in [0.25, 0.3) is 0 Å². The minimum Gasteiger partial charge on any atom is -0.262 e. The molecule has 1 nitrogen and oxygen atoms in total. The molecular formula is C28H35NP+. The molecule has 0 aliphatic carbocycles. The van der Waals surface area contributed by atoms with Gasteiger partial charge in [-0.15, -0.1) is 0 Å². The van der Waals surface area contributed by atoms with Crippen molar-refractivity contribution in [2.45, 2.75) is 64.8 Å². The average Bonchev–Trinajstić information content (AvgIpc) is 2.94. The summed E-state index contributed by atoms with van der Waals surface area (Å²) in [7, 11) is -1.91. The van der Waals surface area contributed by atoms with Crippen LogP contribution in [0.4, 0.5) is 0 Å². The van der Waals surface area contributed by atoms with Crippen molar-refractivity contribution in [2.75, 3.05) is 0 Å². The van der Waals surface area contributed by atoms with E-state index in [-0.39, 0.29) is 5.41 Å². The second-order valence-corrected chi connectivity index (χ2v) is 13.1. The minimum atomic E-state index is -1.91. The Morgan fingerprint density at radius 3 is 1.57 bits per heavy atom. The smallest absolute Gasteiger partial charge is 0.146 e. The fraction of sp³-hybridized carbons (Fsp3) is 0.357. The van der Waals surface area contributed by atoms with Gasteiger partial charge in [0.1, 0.15) is 29.0 Å². The molecule has 4 rings (SSSR count). The summed E-state index contributed by atoms with van der Waals surface area (Å²) in [4.78, 5) is 2.80. The first-order valence-electron chi connectivity index (χ1n) is 11.2. The SMILES string of the molecule is CC(C)N(C(C)C)[C@@H]1C(C)(C)c2ccccc2[P+]1(c1ccccc1)c1ccccc1. The van der Waals surface area contributed by atoms with E-state index in [0.717, 1.165) is 0 Å². The highest BCUT2D eigenvalue weighted by molar-refractivity contribution is 7.96. The van der Waals surface area contributed by atoms with Crippen molar-refractivity contribution in [3.8, 4) is 0 Å². The Morgan fingerprint density at radius 1 is 0.667 bits per heavy atom. The fourth-order valence-corrected chi connectivity index (χ4v) is 11.9. The van der Waals surface area contributed by atoms with Crippen molar-refractivity contribution >= 4 is 23.2 Å². The van der Waals surface area contributed by atoms with E-state index >= 15 is 0 Å². The van der Waals surface area contributed by atoms with Gasteiger partial charge < -0.3 is 0 Å². The predicted molar refractivity (Wildman–Crippen MR) is 134 cm³/mol. The summed E-state index contributed by atoms with van der Waals surface area (Å²) in [6, 6.07) is 32.9. The zero-order chi connectivity index (χ0) is 21.5. The minimum absolute atomic E-state index is 0.0462. The molecule has 3 aromatic rings. The van der Waals surface area contributed by atoms with Crippen molar-refractivity contribution in [3.05, 3.63) is 90.5 Å². The van der Waals surface area contributed by atoms with Crippen LogP contribution in [0.2, 0.25) is 0 Å². The van der Waals surface area contributed by atoms with E-state index in [1.54, 1.807) is 5.30 Å². The molecule has 0 saturated heterocycles. The van der Waals surface area contributed by atoms with Crippen molar-refractivity contribution in [2.24, 2.45) is 0 Å². The Bertz CT molecular complexity index is 944. The van der Waals surface area contributed by atoms with Gasteiger partial charge >= 0.3 is 0 Å². The lowest BCUT2D eigenvalue weighted by Gasteiger charge is -2.45. The molecule has 2 heteroatoms. The van der Waals surface area contributed by atoms with Crippen molar-refractivity contribution < 1.29 is 0 Å². The van der Waals surface area contributed by atoms with Gasteiger partial charge in [-0.25, -0.2) is 0 Å². The van der Waals surface area contributed by atoms with E-state index < -0.39 is 7.26 Å². The van der Waals surface area contributed by atoms with Crippen molar-refractivity contribution in [1.29, 1.82) is 0 Å². The molecule has 30 heavy (non-hydrogen) atoms. The van der Waals surface area contributed by atoms with Crippen LogP contribution in [0.25, 0.3) is 0 Å². The summed E-state index contributed by atoms with van der Waals surface area (Å²) >= 11 is 0. The Morgan fingerprint density at radius 2 is 1.10 bits per heavy atom. The molecule has 1 heterocycles. The molecular weight excluding hydrogens is 381 g/mol. The van der Waals surface area contributed by atoms with E-state index in [0.29, 0.717) is 17.9 Å². The molecule has 0 unspecified atom stereocenters. The van der Waals surface area contributed by atoms with Crippen LogP contribution in [0.15, 0.2) is 84.9 Å².